The smallest absolute Gasteiger partial charge is 0.335 e. The fourth-order valence-corrected chi connectivity index (χ4v) is 3.12. The van der Waals surface area contributed by atoms with Crippen LogP contribution in [0.5, 0.6) is 11.5 Å². The predicted octanol–water partition coefficient (Wildman–Crippen LogP) is 0.111. The maximum atomic E-state index is 12.7. The first-order chi connectivity index (χ1) is 15.0. The highest BCUT2D eigenvalue weighted by molar-refractivity contribution is 6.09. The van der Waals surface area contributed by atoms with E-state index in [4.69, 9.17) is 14.6 Å². The van der Waals surface area contributed by atoms with Gasteiger partial charge in [0.1, 0.15) is 18.3 Å². The van der Waals surface area contributed by atoms with Crippen LogP contribution in [-0.4, -0.2) is 72.9 Å². The van der Waals surface area contributed by atoms with Gasteiger partial charge in [-0.05, 0) is 13.0 Å². The molecule has 0 radical (unpaired) electrons. The first kappa shape index (κ1) is 23.1. The molecule has 5 N–H and O–H groups in total. The van der Waals surface area contributed by atoms with Gasteiger partial charge in [-0.2, -0.15) is 0 Å². The molecule has 1 saturated heterocycles. The van der Waals surface area contributed by atoms with E-state index in [1.807, 2.05) is 6.92 Å². The first-order valence-corrected chi connectivity index (χ1v) is 9.23. The second-order valence-corrected chi connectivity index (χ2v) is 7.15. The molecule has 1 fully saturated rings. The summed E-state index contributed by atoms with van der Waals surface area (Å²) >= 11 is 0. The van der Waals surface area contributed by atoms with Gasteiger partial charge >= 0.3 is 11.7 Å². The van der Waals surface area contributed by atoms with E-state index in [1.54, 1.807) is 12.1 Å². The van der Waals surface area contributed by atoms with Gasteiger partial charge in [0, 0.05) is 17.2 Å². The number of nitro benzene ring substituents is 1. The summed E-state index contributed by atoms with van der Waals surface area (Å²) in [5, 5.41) is 60.6. The highest BCUT2D eigenvalue weighted by atomic mass is 16.7. The minimum absolute atomic E-state index is 0.213. The van der Waals surface area contributed by atoms with E-state index in [0.29, 0.717) is 0 Å². The summed E-state index contributed by atoms with van der Waals surface area (Å²) < 4.78 is 10.0. The molecule has 0 amide bonds. The Morgan fingerprint density at radius 1 is 1.03 bits per heavy atom. The molecule has 3 rings (SSSR count). The number of carboxylic acids is 1. The van der Waals surface area contributed by atoms with Crippen molar-refractivity contribution >= 4 is 17.4 Å². The number of aliphatic hydroxyl groups is 3. The maximum Gasteiger partial charge on any atom is 0.335 e. The van der Waals surface area contributed by atoms with Crippen molar-refractivity contribution in [2.45, 2.75) is 37.6 Å². The topological polar surface area (TPSA) is 197 Å². The highest BCUT2D eigenvalue weighted by Gasteiger charge is 2.48. The average molecular weight is 449 g/mol. The Hall–Kier alpha value is -3.58. The number of aliphatic carboxylic acids is 1. The van der Waals surface area contributed by atoms with Crippen molar-refractivity contribution in [1.82, 2.24) is 0 Å². The summed E-state index contributed by atoms with van der Waals surface area (Å²) in [7, 11) is 0. The van der Waals surface area contributed by atoms with Crippen molar-refractivity contribution in [1.29, 1.82) is 0 Å². The first-order valence-electron chi connectivity index (χ1n) is 9.23. The van der Waals surface area contributed by atoms with Gasteiger partial charge in [-0.15, -0.1) is 0 Å². The molecule has 1 unspecified atom stereocenters. The minimum atomic E-state index is -2.02. The molecule has 1 heterocycles. The lowest BCUT2D eigenvalue weighted by molar-refractivity contribution is -0.387. The number of nitro groups is 1. The number of ketones is 1. The van der Waals surface area contributed by atoms with Crippen LogP contribution in [0.4, 0.5) is 5.69 Å². The van der Waals surface area contributed by atoms with E-state index >= 15 is 0 Å². The summed E-state index contributed by atoms with van der Waals surface area (Å²) in [6, 6.07) is 8.09. The number of phenols is 1. The Labute approximate surface area is 180 Å². The van der Waals surface area contributed by atoms with Crippen LogP contribution in [0.25, 0.3) is 0 Å². The van der Waals surface area contributed by atoms with E-state index in [0.717, 1.165) is 17.7 Å². The number of hydrogen-bond acceptors (Lipinski definition) is 10. The van der Waals surface area contributed by atoms with Crippen LogP contribution in [0, 0.1) is 17.0 Å². The van der Waals surface area contributed by atoms with Crippen molar-refractivity contribution in [2.24, 2.45) is 0 Å². The summed E-state index contributed by atoms with van der Waals surface area (Å²) in [5.74, 6) is -3.99. The molecule has 2 aromatic carbocycles. The zero-order valence-corrected chi connectivity index (χ0v) is 16.5. The van der Waals surface area contributed by atoms with Gasteiger partial charge in [0.25, 0.3) is 0 Å². The third kappa shape index (κ3) is 4.38. The second-order valence-electron chi connectivity index (χ2n) is 7.15. The molecule has 1 aliphatic rings. The Balaban J connectivity index is 1.96. The molecule has 1 aliphatic heterocycles. The van der Waals surface area contributed by atoms with Crippen LogP contribution in [-0.2, 0) is 9.53 Å². The lowest BCUT2D eigenvalue weighted by Gasteiger charge is -2.38. The summed E-state index contributed by atoms with van der Waals surface area (Å²) in [6.07, 6.45) is -10.0. The number of carbonyl (C=O) groups excluding carboxylic acids is 1. The number of carbonyl (C=O) groups is 2. The molecule has 0 spiro atoms. The van der Waals surface area contributed by atoms with Crippen molar-refractivity contribution in [3.8, 4) is 11.5 Å². The predicted molar refractivity (Wildman–Crippen MR) is 104 cm³/mol. The number of carboxylic acid groups (broad SMARTS) is 1. The molecule has 0 aliphatic carbocycles. The van der Waals surface area contributed by atoms with Crippen LogP contribution in [0.3, 0.4) is 0 Å². The Bertz CT molecular complexity index is 1050. The highest BCUT2D eigenvalue weighted by Crippen LogP contribution is 2.40. The van der Waals surface area contributed by atoms with Crippen molar-refractivity contribution in [3.63, 3.8) is 0 Å². The molecule has 0 aromatic heterocycles. The standard InChI is InChI=1S/C20H19NO11/c1-8-2-4-9(5-3-8)13(23)10-6-11(21(29)30)17(12(22)7-10)31-20-16(26)14(24)15(25)18(32-20)19(27)28/h2-7,14-16,18,20,22,24-26H,1H3,(H,27,28)/t14-,15-,16+,18-,20?/m0/s1. The quantitative estimate of drug-likeness (QED) is 0.228. The number of benzene rings is 2. The minimum Gasteiger partial charge on any atom is -0.504 e. The zero-order chi connectivity index (χ0) is 23.7. The average Bonchev–Trinajstić information content (AvgIpc) is 2.74. The van der Waals surface area contributed by atoms with Gasteiger partial charge in [0.05, 0.1) is 4.92 Å². The third-order valence-electron chi connectivity index (χ3n) is 4.87. The number of aliphatic hydroxyl groups excluding tert-OH is 3. The zero-order valence-electron chi connectivity index (χ0n) is 16.5. The summed E-state index contributed by atoms with van der Waals surface area (Å²) in [5.41, 5.74) is 0.000630. The lowest BCUT2D eigenvalue weighted by Crippen LogP contribution is -2.61. The van der Waals surface area contributed by atoms with Crippen LogP contribution in [0.1, 0.15) is 21.5 Å². The maximum absolute atomic E-state index is 12.7. The van der Waals surface area contributed by atoms with E-state index in [-0.39, 0.29) is 11.1 Å². The largest absolute Gasteiger partial charge is 0.504 e. The fraction of sp³-hybridized carbons (Fsp3) is 0.300. The van der Waals surface area contributed by atoms with Gasteiger partial charge < -0.3 is 35.0 Å². The van der Waals surface area contributed by atoms with Crippen LogP contribution < -0.4 is 4.74 Å². The Kier molecular flexibility index (Phi) is 6.41. The van der Waals surface area contributed by atoms with Gasteiger partial charge in [-0.25, -0.2) is 4.79 Å². The molecular weight excluding hydrogens is 430 g/mol. The van der Waals surface area contributed by atoms with Crippen molar-refractivity contribution in [2.75, 3.05) is 0 Å². The number of phenolic OH excluding ortho intramolecular Hbond substituents is 1. The second kappa shape index (κ2) is 8.88. The molecule has 12 nitrogen and oxygen atoms in total. The summed E-state index contributed by atoms with van der Waals surface area (Å²) in [4.78, 5) is 34.5. The lowest BCUT2D eigenvalue weighted by atomic mass is 9.99. The van der Waals surface area contributed by atoms with Crippen LogP contribution in [0.15, 0.2) is 36.4 Å². The molecule has 2 aromatic rings. The van der Waals surface area contributed by atoms with Gasteiger partial charge in [-0.1, -0.05) is 29.8 Å². The molecular formula is C20H19NO11. The molecule has 0 saturated carbocycles. The van der Waals surface area contributed by atoms with Gasteiger partial charge in [0.15, 0.2) is 17.6 Å². The van der Waals surface area contributed by atoms with E-state index in [9.17, 15) is 40.1 Å². The normalized spacial score (nSPS) is 25.2. The number of aryl methyl sites for hydroxylation is 1. The molecule has 12 heteroatoms. The van der Waals surface area contributed by atoms with Crippen LogP contribution >= 0.6 is 0 Å². The number of hydrogen-bond donors (Lipinski definition) is 5. The van der Waals surface area contributed by atoms with Crippen molar-refractivity contribution in [3.05, 3.63) is 63.2 Å². The van der Waals surface area contributed by atoms with Gasteiger partial charge in [-0.3, -0.25) is 14.9 Å². The van der Waals surface area contributed by atoms with Gasteiger partial charge in [0.2, 0.25) is 12.0 Å². The summed E-state index contributed by atoms with van der Waals surface area (Å²) in [6.45, 7) is 1.81. The molecule has 170 valence electrons. The number of rotatable bonds is 6. The van der Waals surface area contributed by atoms with Crippen molar-refractivity contribution < 1.29 is 49.5 Å². The SMILES string of the molecule is Cc1ccc(C(=O)c2cc(O)c(OC3O[C@H](C(=O)O)[C@@H](O)[C@H](O)[C@H]3O)c([N+](=O)[O-])c2)cc1. The fourth-order valence-electron chi connectivity index (χ4n) is 3.12. The Morgan fingerprint density at radius 3 is 2.22 bits per heavy atom. The number of aromatic hydroxyl groups is 1. The van der Waals surface area contributed by atoms with E-state index < -0.39 is 64.6 Å². The number of ether oxygens (including phenoxy) is 2. The number of nitrogens with zero attached hydrogens (tertiary/aromatic N) is 1. The molecule has 32 heavy (non-hydrogen) atoms. The van der Waals surface area contributed by atoms with Crippen LogP contribution in [0.2, 0.25) is 0 Å². The van der Waals surface area contributed by atoms with E-state index in [1.165, 1.54) is 12.1 Å². The third-order valence-corrected chi connectivity index (χ3v) is 4.87. The Morgan fingerprint density at radius 2 is 1.66 bits per heavy atom. The molecule has 5 atom stereocenters. The van der Waals surface area contributed by atoms with E-state index in [2.05, 4.69) is 0 Å². The molecule has 0 bridgehead atoms. The monoisotopic (exact) mass is 449 g/mol.